The normalized spacial score (nSPS) is 16.2. The Kier molecular flexibility index (Phi) is 5.31. The quantitative estimate of drug-likeness (QED) is 0.618. The maximum absolute atomic E-state index is 12.2. The summed E-state index contributed by atoms with van der Waals surface area (Å²) >= 11 is 0. The molecule has 0 N–H and O–H groups in total. The highest BCUT2D eigenvalue weighted by Gasteiger charge is 2.17. The van der Waals surface area contributed by atoms with Gasteiger partial charge < -0.3 is 4.84 Å². The largest absolute Gasteiger partial charge is 0.391 e. The van der Waals surface area contributed by atoms with E-state index < -0.39 is 0 Å². The third kappa shape index (κ3) is 3.81. The number of hydrogen-bond donors (Lipinski definition) is 0. The van der Waals surface area contributed by atoms with E-state index in [1.807, 2.05) is 32.0 Å². The molecule has 1 aliphatic rings. The molecule has 0 saturated heterocycles. The molecule has 1 aromatic carbocycles. The summed E-state index contributed by atoms with van der Waals surface area (Å²) in [5.41, 5.74) is 3.38. The Balaban J connectivity index is 1.78. The van der Waals surface area contributed by atoms with Gasteiger partial charge in [-0.2, -0.15) is 9.36 Å². The molecule has 7 heteroatoms. The van der Waals surface area contributed by atoms with Gasteiger partial charge in [-0.1, -0.05) is 36.6 Å². The van der Waals surface area contributed by atoms with Gasteiger partial charge in [0.1, 0.15) is 6.61 Å². The minimum Gasteiger partial charge on any atom is -0.391 e. The van der Waals surface area contributed by atoms with Crippen molar-refractivity contribution in [3.05, 3.63) is 39.8 Å². The summed E-state index contributed by atoms with van der Waals surface area (Å²) in [4.78, 5) is 17.8. The lowest BCUT2D eigenvalue weighted by molar-refractivity contribution is 0.127. The molecule has 25 heavy (non-hydrogen) atoms. The highest BCUT2D eigenvalue weighted by molar-refractivity contribution is 5.83. The second-order valence-corrected chi connectivity index (χ2v) is 6.71. The molecule has 2 aromatic rings. The van der Waals surface area contributed by atoms with Crippen LogP contribution in [-0.2, 0) is 18.5 Å². The first-order chi connectivity index (χ1) is 12.1. The molecule has 7 nitrogen and oxygen atoms in total. The smallest absolute Gasteiger partial charge is 0.368 e. The van der Waals surface area contributed by atoms with E-state index in [2.05, 4.69) is 15.6 Å². The highest BCUT2D eigenvalue weighted by atomic mass is 16.6. The van der Waals surface area contributed by atoms with Crippen LogP contribution in [0.2, 0.25) is 0 Å². The van der Waals surface area contributed by atoms with E-state index in [-0.39, 0.29) is 5.69 Å². The van der Waals surface area contributed by atoms with Crippen molar-refractivity contribution in [1.82, 2.24) is 19.8 Å². The van der Waals surface area contributed by atoms with Gasteiger partial charge in [0.25, 0.3) is 0 Å². The summed E-state index contributed by atoms with van der Waals surface area (Å²) < 4.78 is 2.50. The maximum Gasteiger partial charge on any atom is 0.368 e. The molecule has 0 amide bonds. The molecule has 1 fully saturated rings. The molecule has 0 bridgehead atoms. The summed E-state index contributed by atoms with van der Waals surface area (Å²) in [5.74, 6) is 0.535. The SMILES string of the molecule is C/C(=N/OCc1c(C)cccc1-n1nnn(C)c1=O)C1CCCCC1. The van der Waals surface area contributed by atoms with Crippen LogP contribution in [0.5, 0.6) is 0 Å². The molecule has 0 radical (unpaired) electrons. The third-order valence-corrected chi connectivity index (χ3v) is 4.95. The zero-order chi connectivity index (χ0) is 17.8. The number of hydrogen-bond acceptors (Lipinski definition) is 5. The van der Waals surface area contributed by atoms with Crippen LogP contribution in [-0.4, -0.2) is 25.5 Å². The van der Waals surface area contributed by atoms with Crippen molar-refractivity contribution < 1.29 is 4.84 Å². The molecule has 0 unspecified atom stereocenters. The van der Waals surface area contributed by atoms with Crippen molar-refractivity contribution in [2.75, 3.05) is 0 Å². The topological polar surface area (TPSA) is 74.3 Å². The van der Waals surface area contributed by atoms with Crippen LogP contribution in [0.3, 0.4) is 0 Å². The summed E-state index contributed by atoms with van der Waals surface area (Å²) in [5, 5.41) is 12.0. The molecule has 0 spiro atoms. The van der Waals surface area contributed by atoms with Crippen LogP contribution >= 0.6 is 0 Å². The first-order valence-corrected chi connectivity index (χ1v) is 8.82. The van der Waals surface area contributed by atoms with Crippen LogP contribution in [0, 0.1) is 12.8 Å². The monoisotopic (exact) mass is 343 g/mol. The van der Waals surface area contributed by atoms with E-state index >= 15 is 0 Å². The number of nitrogens with zero attached hydrogens (tertiary/aromatic N) is 5. The number of aromatic nitrogens is 4. The fourth-order valence-corrected chi connectivity index (χ4v) is 3.33. The van der Waals surface area contributed by atoms with E-state index in [1.165, 1.54) is 41.5 Å². The third-order valence-electron chi connectivity index (χ3n) is 4.95. The Morgan fingerprint density at radius 1 is 1.28 bits per heavy atom. The standard InChI is InChI=1S/C18H25N5O2/c1-13-8-7-11-17(23-18(24)22(3)20-21-23)16(13)12-25-19-14(2)15-9-5-4-6-10-15/h7-8,11,15H,4-6,9-10,12H2,1-3H3/b19-14-. The molecular weight excluding hydrogens is 318 g/mol. The molecule has 134 valence electrons. The predicted molar refractivity (Wildman–Crippen MR) is 95.8 cm³/mol. The van der Waals surface area contributed by atoms with E-state index in [9.17, 15) is 4.79 Å². The number of rotatable bonds is 5. The minimum absolute atomic E-state index is 0.284. The van der Waals surface area contributed by atoms with Crippen LogP contribution in [0.25, 0.3) is 5.69 Å². The fraction of sp³-hybridized carbons (Fsp3) is 0.556. The molecule has 0 aliphatic heterocycles. The Hall–Kier alpha value is -2.44. The van der Waals surface area contributed by atoms with Crippen molar-refractivity contribution >= 4 is 5.71 Å². The average Bonchev–Trinajstić information content (AvgIpc) is 2.96. The number of aryl methyl sites for hydroxylation is 2. The lowest BCUT2D eigenvalue weighted by Gasteiger charge is -2.20. The number of oxime groups is 1. The summed E-state index contributed by atoms with van der Waals surface area (Å²) in [6.07, 6.45) is 6.26. The minimum atomic E-state index is -0.284. The molecule has 3 rings (SSSR count). The van der Waals surface area contributed by atoms with Gasteiger partial charge in [-0.15, -0.1) is 0 Å². The van der Waals surface area contributed by atoms with E-state index in [0.717, 1.165) is 16.8 Å². The summed E-state index contributed by atoms with van der Waals surface area (Å²) in [6.45, 7) is 4.33. The summed E-state index contributed by atoms with van der Waals surface area (Å²) in [6, 6.07) is 5.73. The lowest BCUT2D eigenvalue weighted by Crippen LogP contribution is -2.23. The van der Waals surface area contributed by atoms with Gasteiger partial charge in [-0.3, -0.25) is 0 Å². The van der Waals surface area contributed by atoms with E-state index in [4.69, 9.17) is 4.84 Å². The van der Waals surface area contributed by atoms with Crippen LogP contribution in [0.1, 0.15) is 50.2 Å². The predicted octanol–water partition coefficient (Wildman–Crippen LogP) is 2.75. The van der Waals surface area contributed by atoms with Gasteiger partial charge >= 0.3 is 5.69 Å². The van der Waals surface area contributed by atoms with Crippen molar-refractivity contribution in [2.24, 2.45) is 18.1 Å². The second-order valence-electron chi connectivity index (χ2n) is 6.71. The Morgan fingerprint density at radius 2 is 2.04 bits per heavy atom. The number of benzene rings is 1. The lowest BCUT2D eigenvalue weighted by atomic mass is 9.86. The summed E-state index contributed by atoms with van der Waals surface area (Å²) in [7, 11) is 1.58. The zero-order valence-corrected chi connectivity index (χ0v) is 15.1. The Morgan fingerprint density at radius 3 is 2.72 bits per heavy atom. The van der Waals surface area contributed by atoms with Gasteiger partial charge in [0.2, 0.25) is 0 Å². The van der Waals surface area contributed by atoms with Gasteiger partial charge in [-0.05, 0) is 48.7 Å². The van der Waals surface area contributed by atoms with Crippen molar-refractivity contribution in [2.45, 2.75) is 52.6 Å². The molecule has 1 aromatic heterocycles. The molecule has 0 atom stereocenters. The molecule has 1 saturated carbocycles. The average molecular weight is 343 g/mol. The van der Waals surface area contributed by atoms with Crippen molar-refractivity contribution in [1.29, 1.82) is 0 Å². The van der Waals surface area contributed by atoms with Gasteiger partial charge in [-0.25, -0.2) is 4.79 Å². The molecule has 1 aliphatic carbocycles. The van der Waals surface area contributed by atoms with Gasteiger partial charge in [0.15, 0.2) is 0 Å². The van der Waals surface area contributed by atoms with Gasteiger partial charge in [0, 0.05) is 18.5 Å². The Bertz CT molecular complexity index is 815. The van der Waals surface area contributed by atoms with E-state index in [0.29, 0.717) is 18.2 Å². The van der Waals surface area contributed by atoms with Crippen molar-refractivity contribution in [3.8, 4) is 5.69 Å². The zero-order valence-electron chi connectivity index (χ0n) is 15.1. The first kappa shape index (κ1) is 17.4. The van der Waals surface area contributed by atoms with Crippen LogP contribution in [0.4, 0.5) is 0 Å². The maximum atomic E-state index is 12.2. The van der Waals surface area contributed by atoms with Crippen LogP contribution < -0.4 is 5.69 Å². The van der Waals surface area contributed by atoms with Crippen molar-refractivity contribution in [3.63, 3.8) is 0 Å². The Labute approximate surface area is 147 Å². The number of tetrazole rings is 1. The first-order valence-electron chi connectivity index (χ1n) is 8.82. The second kappa shape index (κ2) is 7.63. The van der Waals surface area contributed by atoms with E-state index in [1.54, 1.807) is 7.05 Å². The highest BCUT2D eigenvalue weighted by Crippen LogP contribution is 2.25. The van der Waals surface area contributed by atoms with Crippen LogP contribution in [0.15, 0.2) is 28.1 Å². The van der Waals surface area contributed by atoms with Gasteiger partial charge in [0.05, 0.1) is 11.4 Å². The fourth-order valence-electron chi connectivity index (χ4n) is 3.33. The molecular formula is C18H25N5O2. The molecule has 1 heterocycles.